The van der Waals surface area contributed by atoms with E-state index in [4.69, 9.17) is 0 Å². The zero-order chi connectivity index (χ0) is 14.1. The van der Waals surface area contributed by atoms with E-state index in [1.54, 1.807) is 0 Å². The summed E-state index contributed by atoms with van der Waals surface area (Å²) in [6.07, 6.45) is 3.36. The summed E-state index contributed by atoms with van der Waals surface area (Å²) < 4.78 is 0. The fourth-order valence-electron chi connectivity index (χ4n) is 2.99. The van der Waals surface area contributed by atoms with Gasteiger partial charge < -0.3 is 0 Å². The molecule has 3 aromatic carbocycles. The van der Waals surface area contributed by atoms with Crippen molar-refractivity contribution in [2.24, 2.45) is 0 Å². The molecule has 1 aliphatic rings. The average Bonchev–Trinajstić information content (AvgIpc) is 3.00. The van der Waals surface area contributed by atoms with Gasteiger partial charge in [0.2, 0.25) is 0 Å². The van der Waals surface area contributed by atoms with Gasteiger partial charge in [-0.3, -0.25) is 0 Å². The zero-order valence-corrected chi connectivity index (χ0v) is 11.8. The summed E-state index contributed by atoms with van der Waals surface area (Å²) in [6, 6.07) is 28.1. The van der Waals surface area contributed by atoms with E-state index in [-0.39, 0.29) is 0 Å². The van der Waals surface area contributed by atoms with Crippen LogP contribution in [0.1, 0.15) is 16.7 Å². The SMILES string of the molecule is C1=C(c2cccc(-c3ccccc3)c2)Cc2ccccc21. The molecular weight excluding hydrogens is 252 g/mol. The standard InChI is InChI=1S/C21H16/c1-2-7-16(8-3-1)17-11-6-12-20(13-17)21-14-18-9-4-5-10-19(18)15-21/h1-14H,15H2. The van der Waals surface area contributed by atoms with Crippen LogP contribution in [-0.4, -0.2) is 0 Å². The second-order valence-corrected chi connectivity index (χ2v) is 5.49. The lowest BCUT2D eigenvalue weighted by molar-refractivity contribution is 1.32. The van der Waals surface area contributed by atoms with Crippen LogP contribution >= 0.6 is 0 Å². The van der Waals surface area contributed by atoms with Gasteiger partial charge in [0.25, 0.3) is 0 Å². The summed E-state index contributed by atoms with van der Waals surface area (Å²) >= 11 is 0. The second kappa shape index (κ2) is 5.06. The molecule has 3 aromatic rings. The van der Waals surface area contributed by atoms with Gasteiger partial charge in [-0.2, -0.15) is 0 Å². The molecular formula is C21H16. The monoisotopic (exact) mass is 268 g/mol. The predicted octanol–water partition coefficient (Wildman–Crippen LogP) is 5.45. The van der Waals surface area contributed by atoms with Crippen LogP contribution in [0.3, 0.4) is 0 Å². The van der Waals surface area contributed by atoms with Crippen molar-refractivity contribution in [3.63, 3.8) is 0 Å². The molecule has 0 aliphatic heterocycles. The van der Waals surface area contributed by atoms with Crippen LogP contribution in [0.15, 0.2) is 78.9 Å². The minimum Gasteiger partial charge on any atom is -0.0622 e. The second-order valence-electron chi connectivity index (χ2n) is 5.49. The Balaban J connectivity index is 1.72. The predicted molar refractivity (Wildman–Crippen MR) is 89.9 cm³/mol. The maximum atomic E-state index is 2.32. The molecule has 0 N–H and O–H groups in total. The van der Waals surface area contributed by atoms with Crippen LogP contribution in [0.25, 0.3) is 22.8 Å². The van der Waals surface area contributed by atoms with Gasteiger partial charge in [0.15, 0.2) is 0 Å². The maximum Gasteiger partial charge on any atom is -0.00137 e. The molecule has 0 aromatic heterocycles. The zero-order valence-electron chi connectivity index (χ0n) is 11.8. The van der Waals surface area contributed by atoms with Gasteiger partial charge in [-0.15, -0.1) is 0 Å². The molecule has 0 nitrogen and oxygen atoms in total. The highest BCUT2D eigenvalue weighted by Crippen LogP contribution is 2.33. The number of hydrogen-bond donors (Lipinski definition) is 0. The van der Waals surface area contributed by atoms with E-state index in [1.165, 1.54) is 33.4 Å². The normalized spacial score (nSPS) is 12.9. The third-order valence-corrected chi connectivity index (χ3v) is 4.11. The number of fused-ring (bicyclic) bond motifs is 1. The van der Waals surface area contributed by atoms with E-state index >= 15 is 0 Å². The molecule has 0 bridgehead atoms. The molecule has 0 amide bonds. The average molecular weight is 268 g/mol. The van der Waals surface area contributed by atoms with Gasteiger partial charge in [-0.1, -0.05) is 78.9 Å². The third-order valence-electron chi connectivity index (χ3n) is 4.11. The summed E-state index contributed by atoms with van der Waals surface area (Å²) in [6.45, 7) is 0. The van der Waals surface area contributed by atoms with Crippen molar-refractivity contribution >= 4 is 11.6 Å². The summed E-state index contributed by atoms with van der Waals surface area (Å²) in [5, 5.41) is 0. The molecule has 1 aliphatic carbocycles. The summed E-state index contributed by atoms with van der Waals surface area (Å²) in [5.74, 6) is 0. The van der Waals surface area contributed by atoms with E-state index in [0.717, 1.165) is 6.42 Å². The third kappa shape index (κ3) is 2.30. The van der Waals surface area contributed by atoms with Crippen LogP contribution in [0.2, 0.25) is 0 Å². The van der Waals surface area contributed by atoms with Crippen molar-refractivity contribution in [2.45, 2.75) is 6.42 Å². The van der Waals surface area contributed by atoms with E-state index in [2.05, 4.69) is 84.9 Å². The van der Waals surface area contributed by atoms with Crippen LogP contribution < -0.4 is 0 Å². The van der Waals surface area contributed by atoms with E-state index in [9.17, 15) is 0 Å². The summed E-state index contributed by atoms with van der Waals surface area (Å²) in [7, 11) is 0. The van der Waals surface area contributed by atoms with Crippen molar-refractivity contribution in [1.82, 2.24) is 0 Å². The van der Waals surface area contributed by atoms with Gasteiger partial charge in [0.1, 0.15) is 0 Å². The Bertz CT molecular complexity index is 810. The molecule has 21 heavy (non-hydrogen) atoms. The lowest BCUT2D eigenvalue weighted by Gasteiger charge is -2.06. The number of allylic oxidation sites excluding steroid dienone is 1. The molecule has 0 saturated heterocycles. The first-order valence-electron chi connectivity index (χ1n) is 7.34. The Hall–Kier alpha value is -2.60. The topological polar surface area (TPSA) is 0 Å². The Kier molecular flexibility index (Phi) is 2.93. The van der Waals surface area contributed by atoms with Gasteiger partial charge in [0, 0.05) is 0 Å². The first kappa shape index (κ1) is 12.2. The Labute approximate surface area is 125 Å². The van der Waals surface area contributed by atoms with Crippen molar-refractivity contribution in [3.05, 3.63) is 95.6 Å². The lowest BCUT2D eigenvalue weighted by Crippen LogP contribution is -1.86. The minimum absolute atomic E-state index is 1.04. The molecule has 0 spiro atoms. The maximum absolute atomic E-state index is 2.32. The largest absolute Gasteiger partial charge is 0.0622 e. The van der Waals surface area contributed by atoms with Gasteiger partial charge in [0.05, 0.1) is 0 Å². The fourth-order valence-corrected chi connectivity index (χ4v) is 2.99. The minimum atomic E-state index is 1.04. The summed E-state index contributed by atoms with van der Waals surface area (Å²) in [4.78, 5) is 0. The lowest BCUT2D eigenvalue weighted by atomic mass is 9.98. The molecule has 0 atom stereocenters. The van der Waals surface area contributed by atoms with Crippen molar-refractivity contribution in [1.29, 1.82) is 0 Å². The number of benzene rings is 3. The van der Waals surface area contributed by atoms with Crippen molar-refractivity contribution < 1.29 is 0 Å². The van der Waals surface area contributed by atoms with Crippen LogP contribution in [0.4, 0.5) is 0 Å². The Morgan fingerprint density at radius 3 is 2.14 bits per heavy atom. The van der Waals surface area contributed by atoms with Crippen molar-refractivity contribution in [2.75, 3.05) is 0 Å². The molecule has 0 saturated carbocycles. The van der Waals surface area contributed by atoms with Crippen LogP contribution in [0, 0.1) is 0 Å². The first-order valence-corrected chi connectivity index (χ1v) is 7.34. The van der Waals surface area contributed by atoms with Gasteiger partial charge >= 0.3 is 0 Å². The molecule has 0 heteroatoms. The highest BCUT2D eigenvalue weighted by molar-refractivity contribution is 5.89. The van der Waals surface area contributed by atoms with Gasteiger partial charge in [-0.05, 0) is 45.9 Å². The van der Waals surface area contributed by atoms with E-state index in [1.807, 2.05) is 0 Å². The highest BCUT2D eigenvalue weighted by Gasteiger charge is 2.13. The quantitative estimate of drug-likeness (QED) is 0.579. The summed E-state index contributed by atoms with van der Waals surface area (Å²) in [5.41, 5.74) is 8.08. The van der Waals surface area contributed by atoms with Gasteiger partial charge in [-0.25, -0.2) is 0 Å². The van der Waals surface area contributed by atoms with E-state index in [0.29, 0.717) is 0 Å². The Morgan fingerprint density at radius 2 is 1.29 bits per heavy atom. The van der Waals surface area contributed by atoms with Crippen molar-refractivity contribution in [3.8, 4) is 11.1 Å². The van der Waals surface area contributed by atoms with E-state index < -0.39 is 0 Å². The number of rotatable bonds is 2. The molecule has 0 heterocycles. The highest BCUT2D eigenvalue weighted by atomic mass is 14.2. The van der Waals surface area contributed by atoms with Crippen LogP contribution in [0.5, 0.6) is 0 Å². The number of hydrogen-bond acceptors (Lipinski definition) is 0. The fraction of sp³-hybridized carbons (Fsp3) is 0.0476. The molecule has 0 radical (unpaired) electrons. The smallest absolute Gasteiger partial charge is 0.00137 e. The molecule has 4 rings (SSSR count). The molecule has 0 fully saturated rings. The Morgan fingerprint density at radius 1 is 0.571 bits per heavy atom. The molecule has 0 unspecified atom stereocenters. The molecule has 100 valence electrons. The van der Waals surface area contributed by atoms with Crippen LogP contribution in [-0.2, 0) is 6.42 Å². The first-order chi connectivity index (χ1) is 10.4.